The average Bonchev–Trinajstić information content (AvgIpc) is 3.41. The van der Waals surface area contributed by atoms with Gasteiger partial charge in [-0.2, -0.15) is 22.6 Å². The number of benzene rings is 2. The molecule has 0 bridgehead atoms. The second-order valence-electron chi connectivity index (χ2n) is 7.93. The number of carbonyl (C=O) groups excluding carboxylic acids is 1. The van der Waals surface area contributed by atoms with Crippen LogP contribution in [0.2, 0.25) is 5.02 Å². The third-order valence-corrected chi connectivity index (χ3v) is 7.89. The van der Waals surface area contributed by atoms with Crippen LogP contribution >= 0.6 is 11.6 Å². The SMILES string of the molecule is Cn1cc(S(=O)(=O)N2C[C@@H](NC(=O)c3cccc(C(F)(F)F)c3Cl)[C@H](c3ccccc3)C2)cn1. The van der Waals surface area contributed by atoms with E-state index in [0.717, 1.165) is 17.7 Å². The molecular weight excluding hydrogens is 493 g/mol. The Kier molecular flexibility index (Phi) is 6.45. The summed E-state index contributed by atoms with van der Waals surface area (Å²) in [5.41, 5.74) is -0.669. The molecule has 0 radical (unpaired) electrons. The summed E-state index contributed by atoms with van der Waals surface area (Å²) in [5.74, 6) is -1.25. The van der Waals surface area contributed by atoms with Crippen LogP contribution in [0.1, 0.15) is 27.4 Å². The normalized spacial score (nSPS) is 19.3. The van der Waals surface area contributed by atoms with Crippen LogP contribution in [0.5, 0.6) is 0 Å². The van der Waals surface area contributed by atoms with E-state index in [0.29, 0.717) is 0 Å². The molecule has 4 rings (SSSR count). The Balaban J connectivity index is 1.65. The lowest BCUT2D eigenvalue weighted by Gasteiger charge is -2.21. The number of rotatable bonds is 5. The van der Waals surface area contributed by atoms with Crippen LogP contribution in [0, 0.1) is 0 Å². The summed E-state index contributed by atoms with van der Waals surface area (Å²) in [5, 5.41) is 5.91. The Bertz CT molecular complexity index is 1310. The van der Waals surface area contributed by atoms with Gasteiger partial charge in [-0.15, -0.1) is 0 Å². The van der Waals surface area contributed by atoms with Gasteiger partial charge in [-0.05, 0) is 17.7 Å². The molecule has 12 heteroatoms. The van der Waals surface area contributed by atoms with Gasteiger partial charge in [0, 0.05) is 32.3 Å². The summed E-state index contributed by atoms with van der Waals surface area (Å²) in [6, 6.07) is 11.4. The average molecular weight is 513 g/mol. The van der Waals surface area contributed by atoms with Crippen LogP contribution in [0.25, 0.3) is 0 Å². The zero-order chi connectivity index (χ0) is 24.7. The first-order chi connectivity index (χ1) is 16.0. The number of carbonyl (C=O) groups is 1. The van der Waals surface area contributed by atoms with Crippen LogP contribution in [0.15, 0.2) is 65.8 Å². The van der Waals surface area contributed by atoms with E-state index in [1.807, 2.05) is 0 Å². The lowest BCUT2D eigenvalue weighted by molar-refractivity contribution is -0.137. The number of nitrogens with zero attached hydrogens (tertiary/aromatic N) is 3. The van der Waals surface area contributed by atoms with Crippen molar-refractivity contribution in [3.05, 3.63) is 82.6 Å². The van der Waals surface area contributed by atoms with Crippen molar-refractivity contribution in [1.29, 1.82) is 0 Å². The van der Waals surface area contributed by atoms with E-state index in [2.05, 4.69) is 10.4 Å². The predicted molar refractivity (Wildman–Crippen MR) is 119 cm³/mol. The second-order valence-corrected chi connectivity index (χ2v) is 10.2. The Morgan fingerprint density at radius 2 is 1.82 bits per heavy atom. The number of amides is 1. The highest BCUT2D eigenvalue weighted by molar-refractivity contribution is 7.89. The zero-order valence-corrected chi connectivity index (χ0v) is 19.4. The molecule has 34 heavy (non-hydrogen) atoms. The fourth-order valence-electron chi connectivity index (χ4n) is 4.00. The van der Waals surface area contributed by atoms with Gasteiger partial charge in [0.25, 0.3) is 5.91 Å². The maximum atomic E-state index is 13.2. The van der Waals surface area contributed by atoms with Gasteiger partial charge in [0.2, 0.25) is 10.0 Å². The number of sulfonamides is 1. The lowest BCUT2D eigenvalue weighted by atomic mass is 9.94. The van der Waals surface area contributed by atoms with Crippen LogP contribution in [-0.2, 0) is 23.2 Å². The summed E-state index contributed by atoms with van der Waals surface area (Å²) in [6.45, 7) is 0.00161. The molecule has 1 aromatic heterocycles. The van der Waals surface area contributed by atoms with Crippen LogP contribution in [-0.4, -0.2) is 47.5 Å². The number of nitrogens with one attached hydrogen (secondary N) is 1. The maximum Gasteiger partial charge on any atom is 0.417 e. The van der Waals surface area contributed by atoms with Crippen LogP contribution in [0.3, 0.4) is 0 Å². The van der Waals surface area contributed by atoms with Gasteiger partial charge in [-0.25, -0.2) is 8.42 Å². The van der Waals surface area contributed by atoms with Crippen molar-refractivity contribution in [3.63, 3.8) is 0 Å². The van der Waals surface area contributed by atoms with E-state index in [1.54, 1.807) is 37.4 Å². The summed E-state index contributed by atoms with van der Waals surface area (Å²) >= 11 is 5.91. The standard InChI is InChI=1S/C22H20ClF3N4O3S/c1-29-11-15(10-27-29)34(32,33)30-12-17(14-6-3-2-4-7-14)19(13-30)28-21(31)16-8-5-9-18(20(16)23)22(24,25)26/h2-11,17,19H,12-13H2,1H3,(H,28,31)/t17-,19+/m0/s1. The van der Waals surface area contributed by atoms with Crippen molar-refractivity contribution in [2.24, 2.45) is 7.05 Å². The number of halogens is 4. The molecule has 0 aliphatic carbocycles. The van der Waals surface area contributed by atoms with Gasteiger partial charge in [-0.1, -0.05) is 48.0 Å². The molecule has 0 unspecified atom stereocenters. The molecule has 180 valence electrons. The minimum absolute atomic E-state index is 0.00899. The molecule has 3 aromatic rings. The maximum absolute atomic E-state index is 13.2. The predicted octanol–water partition coefficient (Wildman–Crippen LogP) is 3.68. The topological polar surface area (TPSA) is 84.3 Å². The number of hydrogen-bond donors (Lipinski definition) is 1. The summed E-state index contributed by atoms with van der Waals surface area (Å²) in [4.78, 5) is 13.0. The number of aromatic nitrogens is 2. The highest BCUT2D eigenvalue weighted by Crippen LogP contribution is 2.37. The van der Waals surface area contributed by atoms with Gasteiger partial charge in [0.15, 0.2) is 0 Å². The Morgan fingerprint density at radius 1 is 1.12 bits per heavy atom. The Morgan fingerprint density at radius 3 is 2.44 bits per heavy atom. The molecule has 1 aliphatic heterocycles. The number of hydrogen-bond acceptors (Lipinski definition) is 4. The van der Waals surface area contributed by atoms with E-state index in [4.69, 9.17) is 11.6 Å². The Labute approximate surface area is 199 Å². The van der Waals surface area contributed by atoms with Crippen molar-refractivity contribution in [3.8, 4) is 0 Å². The van der Waals surface area contributed by atoms with Gasteiger partial charge >= 0.3 is 6.18 Å². The van der Waals surface area contributed by atoms with Crippen molar-refractivity contribution in [1.82, 2.24) is 19.4 Å². The molecule has 7 nitrogen and oxygen atoms in total. The first-order valence-electron chi connectivity index (χ1n) is 10.2. The molecule has 1 aliphatic rings. The molecule has 2 aromatic carbocycles. The fraction of sp³-hybridized carbons (Fsp3) is 0.273. The number of alkyl halides is 3. The summed E-state index contributed by atoms with van der Waals surface area (Å²) < 4.78 is 68.6. The first-order valence-corrected chi connectivity index (χ1v) is 12.0. The zero-order valence-electron chi connectivity index (χ0n) is 17.8. The van der Waals surface area contributed by atoms with Crippen molar-refractivity contribution >= 4 is 27.5 Å². The van der Waals surface area contributed by atoms with Gasteiger partial charge < -0.3 is 5.32 Å². The minimum atomic E-state index is -4.72. The molecule has 1 saturated heterocycles. The lowest BCUT2D eigenvalue weighted by Crippen LogP contribution is -2.40. The summed E-state index contributed by atoms with van der Waals surface area (Å²) in [6.07, 6.45) is -2.11. The largest absolute Gasteiger partial charge is 0.417 e. The second kappa shape index (κ2) is 9.05. The van der Waals surface area contributed by atoms with E-state index < -0.39 is 44.7 Å². The van der Waals surface area contributed by atoms with E-state index in [9.17, 15) is 26.4 Å². The molecule has 0 saturated carbocycles. The quantitative estimate of drug-likeness (QED) is 0.565. The van der Waals surface area contributed by atoms with Gasteiger partial charge in [-0.3, -0.25) is 9.48 Å². The van der Waals surface area contributed by atoms with E-state index in [-0.39, 0.29) is 23.5 Å². The molecule has 1 N–H and O–H groups in total. The van der Waals surface area contributed by atoms with Gasteiger partial charge in [0.05, 0.1) is 28.4 Å². The van der Waals surface area contributed by atoms with E-state index >= 15 is 0 Å². The molecule has 1 amide bonds. The third-order valence-electron chi connectivity index (χ3n) is 5.70. The highest BCUT2D eigenvalue weighted by atomic mass is 35.5. The van der Waals surface area contributed by atoms with Gasteiger partial charge in [0.1, 0.15) is 4.90 Å². The first kappa shape index (κ1) is 24.2. The molecular formula is C22H20ClF3N4O3S. The van der Waals surface area contributed by atoms with Crippen molar-refractivity contribution < 1.29 is 26.4 Å². The third kappa shape index (κ3) is 4.68. The van der Waals surface area contributed by atoms with Crippen molar-refractivity contribution in [2.45, 2.75) is 23.0 Å². The van der Waals surface area contributed by atoms with Crippen molar-refractivity contribution in [2.75, 3.05) is 13.1 Å². The highest BCUT2D eigenvalue weighted by Gasteiger charge is 2.42. The molecule has 1 fully saturated rings. The Hall–Kier alpha value is -2.89. The fourth-order valence-corrected chi connectivity index (χ4v) is 5.80. The molecule has 2 atom stereocenters. The number of aryl methyl sites for hydroxylation is 1. The smallest absolute Gasteiger partial charge is 0.347 e. The van der Waals surface area contributed by atoms with E-state index in [1.165, 1.54) is 27.4 Å². The minimum Gasteiger partial charge on any atom is -0.347 e. The van der Waals surface area contributed by atoms with Crippen LogP contribution < -0.4 is 5.32 Å². The molecule has 2 heterocycles. The monoisotopic (exact) mass is 512 g/mol. The summed E-state index contributed by atoms with van der Waals surface area (Å²) in [7, 11) is -2.31. The molecule has 0 spiro atoms. The van der Waals surface area contributed by atoms with Crippen LogP contribution in [0.4, 0.5) is 13.2 Å².